The summed E-state index contributed by atoms with van der Waals surface area (Å²) in [6.07, 6.45) is 1.64. The van der Waals surface area contributed by atoms with Gasteiger partial charge in [0.25, 0.3) is 11.8 Å². The third-order valence-electron chi connectivity index (χ3n) is 2.83. The number of rotatable bonds is 4. The van der Waals surface area contributed by atoms with Crippen LogP contribution in [0.3, 0.4) is 0 Å². The van der Waals surface area contributed by atoms with E-state index in [1.54, 1.807) is 19.3 Å². The van der Waals surface area contributed by atoms with Gasteiger partial charge in [0.15, 0.2) is 17.2 Å². The number of nitrogens with one attached hydrogen (secondary N) is 3. The molecule has 0 aliphatic carbocycles. The van der Waals surface area contributed by atoms with Crippen molar-refractivity contribution < 1.29 is 9.59 Å². The average molecular weight is 301 g/mol. The zero-order valence-electron chi connectivity index (χ0n) is 12.3. The molecule has 2 heterocycles. The highest BCUT2D eigenvalue weighted by Gasteiger charge is 2.17. The lowest BCUT2D eigenvalue weighted by atomic mass is 10.1. The normalized spacial score (nSPS) is 10.1. The van der Waals surface area contributed by atoms with Crippen LogP contribution >= 0.6 is 0 Å². The molecule has 0 unspecified atom stereocenters. The Morgan fingerprint density at radius 3 is 2.55 bits per heavy atom. The average Bonchev–Trinajstić information content (AvgIpc) is 2.93. The number of amides is 2. The first kappa shape index (κ1) is 15.3. The van der Waals surface area contributed by atoms with Crippen LogP contribution in [0.2, 0.25) is 0 Å². The van der Waals surface area contributed by atoms with E-state index in [9.17, 15) is 9.59 Å². The number of carbonyl (C=O) groups excluding carboxylic acids is 2. The van der Waals surface area contributed by atoms with Gasteiger partial charge in [-0.1, -0.05) is 0 Å². The Kier molecular flexibility index (Phi) is 4.25. The molecule has 0 aliphatic heterocycles. The van der Waals surface area contributed by atoms with Gasteiger partial charge >= 0.3 is 0 Å². The van der Waals surface area contributed by atoms with E-state index in [1.807, 2.05) is 0 Å². The summed E-state index contributed by atoms with van der Waals surface area (Å²) in [5, 5.41) is 24.2. The molecule has 2 rings (SSSR count). The van der Waals surface area contributed by atoms with Crippen LogP contribution in [0.4, 0.5) is 5.82 Å². The van der Waals surface area contributed by atoms with Gasteiger partial charge in [-0.2, -0.15) is 5.10 Å². The fourth-order valence-electron chi connectivity index (χ4n) is 1.74. The summed E-state index contributed by atoms with van der Waals surface area (Å²) in [5.41, 5.74) is 0.700. The first-order valence-electron chi connectivity index (χ1n) is 6.38. The number of aryl methyl sites for hydroxylation is 1. The molecule has 0 fully saturated rings. The third kappa shape index (κ3) is 3.14. The smallest absolute Gasteiger partial charge is 0.277 e. The summed E-state index contributed by atoms with van der Waals surface area (Å²) in [5.74, 6) is -0.752. The van der Waals surface area contributed by atoms with Gasteiger partial charge in [-0.25, -0.2) is 0 Å². The maximum Gasteiger partial charge on any atom is 0.277 e. The summed E-state index contributed by atoms with van der Waals surface area (Å²) >= 11 is 0. The molecule has 9 heteroatoms. The molecule has 0 saturated carbocycles. The van der Waals surface area contributed by atoms with Gasteiger partial charge in [0.05, 0.1) is 0 Å². The van der Waals surface area contributed by atoms with Crippen LogP contribution in [0, 0.1) is 5.41 Å². The van der Waals surface area contributed by atoms with E-state index in [1.165, 1.54) is 24.7 Å². The standard InChI is InChI=1S/C13H15N7O2/c1-7(14)8-6-10(17-18-11(8)13(22)15-2)16-12(21)9-4-5-20(3)19-9/h4-6,14H,1-3H3,(H,15,22)(H,16,17,21). The predicted octanol–water partition coefficient (Wildman–Crippen LogP) is 0.210. The number of hydrogen-bond donors (Lipinski definition) is 3. The van der Waals surface area contributed by atoms with Crippen molar-refractivity contribution in [3.8, 4) is 0 Å². The van der Waals surface area contributed by atoms with Crippen LogP contribution in [0.5, 0.6) is 0 Å². The van der Waals surface area contributed by atoms with Crippen molar-refractivity contribution in [3.05, 3.63) is 35.3 Å². The maximum atomic E-state index is 12.0. The molecule has 3 N–H and O–H groups in total. The second-order valence-electron chi connectivity index (χ2n) is 4.52. The van der Waals surface area contributed by atoms with Crippen LogP contribution in [0.15, 0.2) is 18.3 Å². The van der Waals surface area contributed by atoms with Gasteiger partial charge in [0.2, 0.25) is 0 Å². The van der Waals surface area contributed by atoms with E-state index < -0.39 is 11.8 Å². The topological polar surface area (TPSA) is 126 Å². The second-order valence-corrected chi connectivity index (χ2v) is 4.52. The molecule has 2 aromatic heterocycles. The van der Waals surface area contributed by atoms with Gasteiger partial charge in [-0.15, -0.1) is 10.2 Å². The van der Waals surface area contributed by atoms with E-state index in [0.29, 0.717) is 5.56 Å². The minimum Gasteiger partial charge on any atom is -0.354 e. The van der Waals surface area contributed by atoms with Crippen LogP contribution in [-0.4, -0.2) is 44.6 Å². The van der Waals surface area contributed by atoms with Crippen LogP contribution in [-0.2, 0) is 7.05 Å². The van der Waals surface area contributed by atoms with Gasteiger partial charge in [0, 0.05) is 31.6 Å². The molecule has 2 amide bonds. The molecule has 114 valence electrons. The summed E-state index contributed by atoms with van der Waals surface area (Å²) in [4.78, 5) is 23.7. The Bertz CT molecular complexity index is 751. The number of nitrogens with zero attached hydrogens (tertiary/aromatic N) is 4. The van der Waals surface area contributed by atoms with Crippen molar-refractivity contribution >= 4 is 23.3 Å². The van der Waals surface area contributed by atoms with Gasteiger partial charge in [-0.05, 0) is 19.1 Å². The van der Waals surface area contributed by atoms with Crippen molar-refractivity contribution in [1.29, 1.82) is 5.41 Å². The van der Waals surface area contributed by atoms with Crippen molar-refractivity contribution in [2.75, 3.05) is 12.4 Å². The van der Waals surface area contributed by atoms with Crippen molar-refractivity contribution in [3.63, 3.8) is 0 Å². The summed E-state index contributed by atoms with van der Waals surface area (Å²) in [6.45, 7) is 1.52. The fourth-order valence-corrected chi connectivity index (χ4v) is 1.74. The van der Waals surface area contributed by atoms with Crippen LogP contribution in [0.25, 0.3) is 0 Å². The molecule has 0 atom stereocenters. The molecule has 0 spiro atoms. The number of aromatic nitrogens is 4. The Morgan fingerprint density at radius 2 is 2.00 bits per heavy atom. The molecule has 0 saturated heterocycles. The second kappa shape index (κ2) is 6.12. The zero-order valence-corrected chi connectivity index (χ0v) is 12.3. The Morgan fingerprint density at radius 1 is 1.27 bits per heavy atom. The van der Waals surface area contributed by atoms with Crippen molar-refractivity contribution in [1.82, 2.24) is 25.3 Å². The first-order valence-corrected chi connectivity index (χ1v) is 6.38. The monoisotopic (exact) mass is 301 g/mol. The van der Waals surface area contributed by atoms with Crippen LogP contribution < -0.4 is 10.6 Å². The molecule has 9 nitrogen and oxygen atoms in total. The Labute approximate surface area is 126 Å². The number of carbonyl (C=O) groups is 2. The Balaban J connectivity index is 2.29. The SMILES string of the molecule is CNC(=O)c1nnc(NC(=O)c2ccn(C)n2)cc1C(C)=N. The van der Waals surface area contributed by atoms with Gasteiger partial charge in [0.1, 0.15) is 0 Å². The highest BCUT2D eigenvalue weighted by molar-refractivity contribution is 6.08. The lowest BCUT2D eigenvalue weighted by Crippen LogP contribution is -2.24. The number of anilines is 1. The quantitative estimate of drug-likeness (QED) is 0.696. The molecular weight excluding hydrogens is 286 g/mol. The lowest BCUT2D eigenvalue weighted by molar-refractivity contribution is 0.0956. The van der Waals surface area contributed by atoms with Crippen molar-refractivity contribution in [2.45, 2.75) is 6.92 Å². The largest absolute Gasteiger partial charge is 0.354 e. The highest BCUT2D eigenvalue weighted by atomic mass is 16.2. The van der Waals surface area contributed by atoms with Gasteiger partial charge < -0.3 is 16.0 Å². The van der Waals surface area contributed by atoms with E-state index in [2.05, 4.69) is 25.9 Å². The summed E-state index contributed by atoms with van der Waals surface area (Å²) < 4.78 is 1.50. The molecule has 0 radical (unpaired) electrons. The van der Waals surface area contributed by atoms with E-state index >= 15 is 0 Å². The zero-order chi connectivity index (χ0) is 16.3. The van der Waals surface area contributed by atoms with E-state index in [-0.39, 0.29) is 22.9 Å². The van der Waals surface area contributed by atoms with Crippen LogP contribution in [0.1, 0.15) is 33.5 Å². The molecule has 0 aromatic carbocycles. The summed E-state index contributed by atoms with van der Waals surface area (Å²) in [7, 11) is 3.16. The third-order valence-corrected chi connectivity index (χ3v) is 2.83. The molecule has 22 heavy (non-hydrogen) atoms. The number of hydrogen-bond acceptors (Lipinski definition) is 6. The van der Waals surface area contributed by atoms with Gasteiger partial charge in [-0.3, -0.25) is 14.3 Å². The van der Waals surface area contributed by atoms with E-state index in [4.69, 9.17) is 5.41 Å². The fraction of sp³-hybridized carbons (Fsp3) is 0.231. The Hall–Kier alpha value is -3.10. The van der Waals surface area contributed by atoms with Crippen molar-refractivity contribution in [2.24, 2.45) is 7.05 Å². The summed E-state index contributed by atoms with van der Waals surface area (Å²) in [6, 6.07) is 2.99. The minimum absolute atomic E-state index is 0.0332. The highest BCUT2D eigenvalue weighted by Crippen LogP contribution is 2.12. The molecule has 0 aliphatic rings. The molecule has 0 bridgehead atoms. The minimum atomic E-state index is -0.448. The molecule has 2 aromatic rings. The maximum absolute atomic E-state index is 12.0. The molecular formula is C13H15N7O2. The lowest BCUT2D eigenvalue weighted by Gasteiger charge is -2.08. The first-order chi connectivity index (χ1) is 10.4. The predicted molar refractivity (Wildman–Crippen MR) is 79.1 cm³/mol. The van der Waals surface area contributed by atoms with E-state index in [0.717, 1.165) is 0 Å².